The first-order chi connectivity index (χ1) is 8.60. The van der Waals surface area contributed by atoms with Crippen LogP contribution in [0, 0.1) is 11.6 Å². The molecule has 2 aromatic rings. The topological polar surface area (TPSA) is 44.1 Å². The molecular weight excluding hydrogens is 242 g/mol. The maximum absolute atomic E-state index is 13.1. The predicted molar refractivity (Wildman–Crippen MR) is 59.6 cm³/mol. The number of aromatic nitrogens is 2. The van der Waals surface area contributed by atoms with E-state index in [-0.39, 0.29) is 12.1 Å². The Morgan fingerprint density at radius 2 is 2.00 bits per heavy atom. The minimum absolute atomic E-state index is 0.0655. The second-order valence-corrected chi connectivity index (χ2v) is 3.61. The number of carbonyl (C=O) groups excluding carboxylic acids is 1. The van der Waals surface area contributed by atoms with E-state index in [1.54, 1.807) is 0 Å². The van der Waals surface area contributed by atoms with Crippen LogP contribution in [0.5, 0.6) is 0 Å². The fraction of sp³-hybridized carbons (Fsp3) is 0.167. The number of esters is 1. The van der Waals surface area contributed by atoms with Crippen LogP contribution >= 0.6 is 0 Å². The van der Waals surface area contributed by atoms with Gasteiger partial charge in [0.15, 0.2) is 0 Å². The van der Waals surface area contributed by atoms with Gasteiger partial charge < -0.3 is 9.30 Å². The molecule has 1 aromatic carbocycles. The SMILES string of the molecule is COC(=O)Cn1ccnc1-c1cc(F)cc(F)c1. The van der Waals surface area contributed by atoms with Crippen LogP contribution in [0.3, 0.4) is 0 Å². The van der Waals surface area contributed by atoms with E-state index >= 15 is 0 Å². The fourth-order valence-corrected chi connectivity index (χ4v) is 1.58. The molecule has 1 aromatic heterocycles. The molecule has 4 nitrogen and oxygen atoms in total. The van der Waals surface area contributed by atoms with Crippen LogP contribution < -0.4 is 0 Å². The average molecular weight is 252 g/mol. The fourth-order valence-electron chi connectivity index (χ4n) is 1.58. The number of imidazole rings is 1. The van der Waals surface area contributed by atoms with E-state index < -0.39 is 17.6 Å². The highest BCUT2D eigenvalue weighted by molar-refractivity contribution is 5.70. The second kappa shape index (κ2) is 4.95. The molecule has 0 N–H and O–H groups in total. The van der Waals surface area contributed by atoms with Crippen LogP contribution in [0.25, 0.3) is 11.4 Å². The molecule has 0 spiro atoms. The Hall–Kier alpha value is -2.24. The van der Waals surface area contributed by atoms with Crippen LogP contribution in [-0.2, 0) is 16.1 Å². The summed E-state index contributed by atoms with van der Waals surface area (Å²) in [6.07, 6.45) is 2.98. The number of hydrogen-bond donors (Lipinski definition) is 0. The molecule has 0 bridgehead atoms. The number of ether oxygens (including phenoxy) is 1. The molecule has 2 rings (SSSR count). The van der Waals surface area contributed by atoms with E-state index in [0.717, 1.165) is 18.2 Å². The molecule has 18 heavy (non-hydrogen) atoms. The van der Waals surface area contributed by atoms with Gasteiger partial charge in [-0.1, -0.05) is 0 Å². The summed E-state index contributed by atoms with van der Waals surface area (Å²) in [5.41, 5.74) is 0.265. The van der Waals surface area contributed by atoms with Crippen molar-refractivity contribution in [3.8, 4) is 11.4 Å². The summed E-state index contributed by atoms with van der Waals surface area (Å²) in [4.78, 5) is 15.2. The van der Waals surface area contributed by atoms with Crippen molar-refractivity contribution >= 4 is 5.97 Å². The molecule has 1 heterocycles. The van der Waals surface area contributed by atoms with Crippen molar-refractivity contribution in [3.05, 3.63) is 42.2 Å². The smallest absolute Gasteiger partial charge is 0.325 e. The van der Waals surface area contributed by atoms with Crippen LogP contribution in [-0.4, -0.2) is 22.6 Å². The zero-order valence-electron chi connectivity index (χ0n) is 9.56. The Bertz CT molecular complexity index is 561. The molecule has 0 radical (unpaired) electrons. The monoisotopic (exact) mass is 252 g/mol. The Kier molecular flexibility index (Phi) is 3.36. The highest BCUT2D eigenvalue weighted by atomic mass is 19.1. The summed E-state index contributed by atoms with van der Waals surface area (Å²) >= 11 is 0. The maximum atomic E-state index is 13.1. The first kappa shape index (κ1) is 12.2. The molecule has 0 aliphatic rings. The molecular formula is C12H10F2N2O2. The molecule has 0 amide bonds. The van der Waals surface area contributed by atoms with E-state index in [2.05, 4.69) is 9.72 Å². The molecule has 0 atom stereocenters. The molecule has 0 saturated carbocycles. The van der Waals surface area contributed by atoms with E-state index in [1.165, 1.54) is 24.1 Å². The van der Waals surface area contributed by atoms with E-state index in [4.69, 9.17) is 0 Å². The Morgan fingerprint density at radius 1 is 1.33 bits per heavy atom. The van der Waals surface area contributed by atoms with Gasteiger partial charge in [-0.3, -0.25) is 4.79 Å². The van der Waals surface area contributed by atoms with E-state index in [1.807, 2.05) is 0 Å². The lowest BCUT2D eigenvalue weighted by atomic mass is 10.2. The van der Waals surface area contributed by atoms with Gasteiger partial charge in [-0.2, -0.15) is 0 Å². The zero-order valence-corrected chi connectivity index (χ0v) is 9.56. The zero-order chi connectivity index (χ0) is 13.1. The largest absolute Gasteiger partial charge is 0.468 e. The third kappa shape index (κ3) is 2.53. The van der Waals surface area contributed by atoms with Gasteiger partial charge in [0, 0.05) is 24.0 Å². The lowest BCUT2D eigenvalue weighted by Crippen LogP contribution is -2.11. The van der Waals surface area contributed by atoms with Crippen molar-refractivity contribution in [1.29, 1.82) is 0 Å². The summed E-state index contributed by atoms with van der Waals surface area (Å²) in [5, 5.41) is 0. The Morgan fingerprint density at radius 3 is 2.61 bits per heavy atom. The van der Waals surface area contributed by atoms with Crippen LogP contribution in [0.4, 0.5) is 8.78 Å². The van der Waals surface area contributed by atoms with E-state index in [9.17, 15) is 13.6 Å². The average Bonchev–Trinajstić information content (AvgIpc) is 2.75. The van der Waals surface area contributed by atoms with Crippen LogP contribution in [0.15, 0.2) is 30.6 Å². The predicted octanol–water partition coefficient (Wildman–Crippen LogP) is 2.00. The lowest BCUT2D eigenvalue weighted by Gasteiger charge is -2.06. The van der Waals surface area contributed by atoms with Crippen molar-refractivity contribution in [2.75, 3.05) is 7.11 Å². The number of methoxy groups -OCH3 is 1. The van der Waals surface area contributed by atoms with Crippen molar-refractivity contribution in [1.82, 2.24) is 9.55 Å². The van der Waals surface area contributed by atoms with Crippen LogP contribution in [0.1, 0.15) is 0 Å². The van der Waals surface area contributed by atoms with E-state index in [0.29, 0.717) is 5.82 Å². The van der Waals surface area contributed by atoms with Crippen LogP contribution in [0.2, 0.25) is 0 Å². The highest BCUT2D eigenvalue weighted by Crippen LogP contribution is 2.20. The number of rotatable bonds is 3. The van der Waals surface area contributed by atoms with Gasteiger partial charge in [0.2, 0.25) is 0 Å². The normalized spacial score (nSPS) is 10.4. The minimum atomic E-state index is -0.697. The molecule has 0 fully saturated rings. The summed E-state index contributed by atoms with van der Waals surface area (Å²) in [6, 6.07) is 3.08. The third-order valence-electron chi connectivity index (χ3n) is 2.36. The highest BCUT2D eigenvalue weighted by Gasteiger charge is 2.11. The van der Waals surface area contributed by atoms with Gasteiger partial charge in [-0.25, -0.2) is 13.8 Å². The van der Waals surface area contributed by atoms with Gasteiger partial charge in [-0.15, -0.1) is 0 Å². The lowest BCUT2D eigenvalue weighted by molar-refractivity contribution is -0.141. The molecule has 0 aliphatic carbocycles. The number of hydrogen-bond acceptors (Lipinski definition) is 3. The first-order valence-electron chi connectivity index (χ1n) is 5.14. The van der Waals surface area contributed by atoms with Crippen molar-refractivity contribution in [2.24, 2.45) is 0 Å². The van der Waals surface area contributed by atoms with Gasteiger partial charge in [-0.05, 0) is 12.1 Å². The van der Waals surface area contributed by atoms with Gasteiger partial charge in [0.05, 0.1) is 7.11 Å². The number of benzene rings is 1. The van der Waals surface area contributed by atoms with Crippen molar-refractivity contribution in [3.63, 3.8) is 0 Å². The molecule has 0 unspecified atom stereocenters. The Labute approximate surface area is 102 Å². The molecule has 0 aliphatic heterocycles. The number of carbonyl (C=O) groups is 1. The second-order valence-electron chi connectivity index (χ2n) is 3.61. The summed E-state index contributed by atoms with van der Waals surface area (Å²) in [5.74, 6) is -1.56. The number of nitrogens with zero attached hydrogens (tertiary/aromatic N) is 2. The quantitative estimate of drug-likeness (QED) is 0.785. The third-order valence-corrected chi connectivity index (χ3v) is 2.36. The maximum Gasteiger partial charge on any atom is 0.325 e. The summed E-state index contributed by atoms with van der Waals surface area (Å²) in [6.45, 7) is -0.0655. The minimum Gasteiger partial charge on any atom is -0.468 e. The van der Waals surface area contributed by atoms with Crippen molar-refractivity contribution < 1.29 is 18.3 Å². The summed E-state index contributed by atoms with van der Waals surface area (Å²) < 4.78 is 32.2. The van der Waals surface area contributed by atoms with Gasteiger partial charge in [0.1, 0.15) is 24.0 Å². The first-order valence-corrected chi connectivity index (χ1v) is 5.14. The van der Waals surface area contributed by atoms with Gasteiger partial charge >= 0.3 is 5.97 Å². The number of halogens is 2. The molecule has 94 valence electrons. The molecule has 0 saturated heterocycles. The standard InChI is InChI=1S/C12H10F2N2O2/c1-18-11(17)7-16-3-2-15-12(16)8-4-9(13)6-10(14)5-8/h2-6H,7H2,1H3. The summed E-state index contributed by atoms with van der Waals surface area (Å²) in [7, 11) is 1.26. The Balaban J connectivity index is 2.39. The molecule has 6 heteroatoms. The van der Waals surface area contributed by atoms with Gasteiger partial charge in [0.25, 0.3) is 0 Å². The van der Waals surface area contributed by atoms with Crippen molar-refractivity contribution in [2.45, 2.75) is 6.54 Å².